The third-order valence-electron chi connectivity index (χ3n) is 3.75. The van der Waals surface area contributed by atoms with Crippen molar-refractivity contribution in [2.45, 2.75) is 18.6 Å². The highest BCUT2D eigenvalue weighted by Gasteiger charge is 2.34. The van der Waals surface area contributed by atoms with E-state index in [1.807, 2.05) is 12.1 Å². The SMILES string of the molecule is CNS(=O)(=O)C1CCN(C(=O)/C(C)=C/c2ccc(Cl)cc2)C1. The average molecular weight is 343 g/mol. The monoisotopic (exact) mass is 342 g/mol. The fourth-order valence-corrected chi connectivity index (χ4v) is 3.70. The maximum atomic E-state index is 12.4. The summed E-state index contributed by atoms with van der Waals surface area (Å²) >= 11 is 5.83. The van der Waals surface area contributed by atoms with Crippen molar-refractivity contribution in [3.63, 3.8) is 0 Å². The van der Waals surface area contributed by atoms with E-state index in [-0.39, 0.29) is 12.5 Å². The van der Waals surface area contributed by atoms with Crippen LogP contribution in [0, 0.1) is 0 Å². The summed E-state index contributed by atoms with van der Waals surface area (Å²) in [5, 5.41) is 0.102. The van der Waals surface area contributed by atoms with Crippen LogP contribution in [0.4, 0.5) is 0 Å². The third kappa shape index (κ3) is 3.88. The van der Waals surface area contributed by atoms with Crippen LogP contribution in [0.1, 0.15) is 18.9 Å². The molecule has 1 saturated heterocycles. The van der Waals surface area contributed by atoms with Crippen molar-refractivity contribution in [3.05, 3.63) is 40.4 Å². The van der Waals surface area contributed by atoms with Gasteiger partial charge in [-0.1, -0.05) is 23.7 Å². The van der Waals surface area contributed by atoms with Gasteiger partial charge in [0.2, 0.25) is 15.9 Å². The number of amides is 1. The molecule has 0 bridgehead atoms. The number of hydrogen-bond acceptors (Lipinski definition) is 3. The van der Waals surface area contributed by atoms with Gasteiger partial charge in [-0.3, -0.25) is 4.79 Å². The average Bonchev–Trinajstić information content (AvgIpc) is 2.99. The number of nitrogens with one attached hydrogen (secondary N) is 1. The lowest BCUT2D eigenvalue weighted by molar-refractivity contribution is -0.125. The Labute approximate surface area is 136 Å². The molecule has 1 atom stereocenters. The number of carbonyl (C=O) groups excluding carboxylic acids is 1. The van der Waals surface area contributed by atoms with Crippen molar-refractivity contribution in [3.8, 4) is 0 Å². The molecule has 2 rings (SSSR count). The summed E-state index contributed by atoms with van der Waals surface area (Å²) in [7, 11) is -1.94. The molecule has 1 aliphatic rings. The van der Waals surface area contributed by atoms with E-state index in [0.717, 1.165) is 5.56 Å². The highest BCUT2D eigenvalue weighted by molar-refractivity contribution is 7.90. The van der Waals surface area contributed by atoms with Gasteiger partial charge in [0.05, 0.1) is 5.25 Å². The standard InChI is InChI=1S/C15H19ClN2O3S/c1-11(9-12-3-5-13(16)6-4-12)15(19)18-8-7-14(10-18)22(20,21)17-2/h3-6,9,14,17H,7-8,10H2,1-2H3/b11-9+. The summed E-state index contributed by atoms with van der Waals surface area (Å²) in [6.45, 7) is 2.42. The van der Waals surface area contributed by atoms with Crippen LogP contribution >= 0.6 is 11.6 Å². The summed E-state index contributed by atoms with van der Waals surface area (Å²) < 4.78 is 25.9. The van der Waals surface area contributed by atoms with Gasteiger partial charge < -0.3 is 4.90 Å². The Morgan fingerprint density at radius 2 is 2.00 bits per heavy atom. The van der Waals surface area contributed by atoms with Crippen LogP contribution in [0.5, 0.6) is 0 Å². The van der Waals surface area contributed by atoms with Crippen LogP contribution in [-0.2, 0) is 14.8 Å². The lowest BCUT2D eigenvalue weighted by Crippen LogP contribution is -2.36. The normalized spacial score (nSPS) is 19.5. The van der Waals surface area contributed by atoms with Crippen molar-refractivity contribution >= 4 is 33.6 Å². The number of hydrogen-bond donors (Lipinski definition) is 1. The Hall–Kier alpha value is -1.37. The second-order valence-electron chi connectivity index (χ2n) is 5.29. The van der Waals surface area contributed by atoms with Gasteiger partial charge in [-0.25, -0.2) is 13.1 Å². The Morgan fingerprint density at radius 3 is 2.59 bits per heavy atom. The molecule has 0 saturated carbocycles. The zero-order valence-electron chi connectivity index (χ0n) is 12.5. The minimum absolute atomic E-state index is 0.135. The molecule has 1 fully saturated rings. The van der Waals surface area contributed by atoms with Gasteiger partial charge >= 0.3 is 0 Å². The fourth-order valence-electron chi connectivity index (χ4n) is 2.45. The molecular weight excluding hydrogens is 324 g/mol. The highest BCUT2D eigenvalue weighted by Crippen LogP contribution is 2.19. The second-order valence-corrected chi connectivity index (χ2v) is 7.89. The van der Waals surface area contributed by atoms with E-state index < -0.39 is 15.3 Å². The number of sulfonamides is 1. The van der Waals surface area contributed by atoms with E-state index in [0.29, 0.717) is 23.6 Å². The largest absolute Gasteiger partial charge is 0.338 e. The first-order valence-corrected chi connectivity index (χ1v) is 8.91. The molecule has 1 aliphatic heterocycles. The predicted molar refractivity (Wildman–Crippen MR) is 88.1 cm³/mol. The van der Waals surface area contributed by atoms with Gasteiger partial charge in [-0.05, 0) is 44.2 Å². The van der Waals surface area contributed by atoms with Crippen molar-refractivity contribution in [1.82, 2.24) is 9.62 Å². The molecule has 1 amide bonds. The van der Waals surface area contributed by atoms with E-state index >= 15 is 0 Å². The first-order valence-electron chi connectivity index (χ1n) is 6.99. The summed E-state index contributed by atoms with van der Waals surface area (Å²) in [5.41, 5.74) is 1.46. The molecule has 1 unspecified atom stereocenters. The smallest absolute Gasteiger partial charge is 0.249 e. The van der Waals surface area contributed by atoms with Crippen LogP contribution in [0.15, 0.2) is 29.8 Å². The van der Waals surface area contributed by atoms with Gasteiger partial charge in [-0.2, -0.15) is 0 Å². The van der Waals surface area contributed by atoms with Crippen molar-refractivity contribution in [2.24, 2.45) is 0 Å². The quantitative estimate of drug-likeness (QED) is 0.850. The molecule has 120 valence electrons. The van der Waals surface area contributed by atoms with Crippen LogP contribution in [-0.4, -0.2) is 44.6 Å². The molecule has 1 heterocycles. The molecule has 7 heteroatoms. The number of likely N-dealkylation sites (tertiary alicyclic amines) is 1. The van der Waals surface area contributed by atoms with Crippen molar-refractivity contribution in [1.29, 1.82) is 0 Å². The molecule has 0 aliphatic carbocycles. The number of nitrogens with zero attached hydrogens (tertiary/aromatic N) is 1. The van der Waals surface area contributed by atoms with Crippen LogP contribution in [0.3, 0.4) is 0 Å². The Morgan fingerprint density at radius 1 is 1.36 bits per heavy atom. The number of rotatable bonds is 4. The zero-order valence-corrected chi connectivity index (χ0v) is 14.1. The maximum Gasteiger partial charge on any atom is 0.249 e. The second kappa shape index (κ2) is 6.81. The van der Waals surface area contributed by atoms with Gasteiger partial charge in [-0.15, -0.1) is 0 Å². The fraction of sp³-hybridized carbons (Fsp3) is 0.400. The van der Waals surface area contributed by atoms with E-state index in [1.54, 1.807) is 30.0 Å². The third-order valence-corrected chi connectivity index (χ3v) is 5.83. The lowest BCUT2D eigenvalue weighted by Gasteiger charge is -2.17. The number of benzene rings is 1. The van der Waals surface area contributed by atoms with Gasteiger partial charge in [0.1, 0.15) is 0 Å². The highest BCUT2D eigenvalue weighted by atomic mass is 35.5. The first kappa shape index (κ1) is 17.0. The summed E-state index contributed by atoms with van der Waals surface area (Å²) in [6.07, 6.45) is 2.24. The zero-order chi connectivity index (χ0) is 16.3. The van der Waals surface area contributed by atoms with E-state index in [9.17, 15) is 13.2 Å². The van der Waals surface area contributed by atoms with E-state index in [4.69, 9.17) is 11.6 Å². The molecule has 1 aromatic carbocycles. The van der Waals surface area contributed by atoms with E-state index in [2.05, 4.69) is 4.72 Å². The molecule has 1 N–H and O–H groups in total. The van der Waals surface area contributed by atoms with Crippen molar-refractivity contribution < 1.29 is 13.2 Å². The first-order chi connectivity index (χ1) is 10.3. The molecule has 22 heavy (non-hydrogen) atoms. The Kier molecular flexibility index (Phi) is 5.26. The lowest BCUT2D eigenvalue weighted by atomic mass is 10.1. The maximum absolute atomic E-state index is 12.4. The van der Waals surface area contributed by atoms with Gasteiger partial charge in [0.15, 0.2) is 0 Å². The Balaban J connectivity index is 2.07. The van der Waals surface area contributed by atoms with Crippen LogP contribution < -0.4 is 4.72 Å². The molecule has 0 radical (unpaired) electrons. The number of carbonyl (C=O) groups is 1. The molecule has 5 nitrogen and oxygen atoms in total. The van der Waals surface area contributed by atoms with Crippen LogP contribution in [0.25, 0.3) is 6.08 Å². The van der Waals surface area contributed by atoms with Gasteiger partial charge in [0.25, 0.3) is 0 Å². The summed E-state index contributed by atoms with van der Waals surface area (Å²) in [4.78, 5) is 14.0. The van der Waals surface area contributed by atoms with Crippen LogP contribution in [0.2, 0.25) is 5.02 Å². The minimum Gasteiger partial charge on any atom is -0.338 e. The van der Waals surface area contributed by atoms with Crippen molar-refractivity contribution in [2.75, 3.05) is 20.1 Å². The molecule has 0 aromatic heterocycles. The summed E-state index contributed by atoms with van der Waals surface area (Å²) in [6, 6.07) is 7.18. The molecule has 0 spiro atoms. The van der Waals surface area contributed by atoms with E-state index in [1.165, 1.54) is 7.05 Å². The van der Waals surface area contributed by atoms with Gasteiger partial charge in [0, 0.05) is 23.7 Å². The Bertz CT molecular complexity index is 683. The predicted octanol–water partition coefficient (Wildman–Crippen LogP) is 1.89. The molecular formula is C15H19ClN2O3S. The molecule has 1 aromatic rings. The summed E-state index contributed by atoms with van der Waals surface area (Å²) in [5.74, 6) is -0.135. The number of halogens is 1. The topological polar surface area (TPSA) is 66.5 Å². The minimum atomic E-state index is -3.33.